The third-order valence-corrected chi connectivity index (χ3v) is 3.64. The van der Waals surface area contributed by atoms with Crippen LogP contribution in [0.2, 0.25) is 0 Å². The summed E-state index contributed by atoms with van der Waals surface area (Å²) in [5.41, 5.74) is 2.95. The number of hydrogen-bond acceptors (Lipinski definition) is 2. The number of aryl methyl sites for hydroxylation is 2. The molecule has 17 heavy (non-hydrogen) atoms. The van der Waals surface area contributed by atoms with Crippen molar-refractivity contribution in [2.75, 3.05) is 6.61 Å². The Kier molecular flexibility index (Phi) is 3.55. The van der Waals surface area contributed by atoms with Crippen LogP contribution in [0.5, 0.6) is 0 Å². The minimum absolute atomic E-state index is 0.418. The summed E-state index contributed by atoms with van der Waals surface area (Å²) in [6, 6.07) is 6.24. The molecule has 2 atom stereocenters. The molecule has 1 fully saturated rings. The fourth-order valence-corrected chi connectivity index (χ4v) is 2.69. The van der Waals surface area contributed by atoms with Crippen LogP contribution in [-0.4, -0.2) is 17.3 Å². The quantitative estimate of drug-likeness (QED) is 0.850. The maximum absolute atomic E-state index is 10.5. The summed E-state index contributed by atoms with van der Waals surface area (Å²) in [6.07, 6.45) is 2.65. The number of ether oxygens (including phenoxy) is 1. The Morgan fingerprint density at radius 1 is 1.18 bits per heavy atom. The van der Waals surface area contributed by atoms with Gasteiger partial charge >= 0.3 is 0 Å². The molecule has 1 aliphatic heterocycles. The average Bonchev–Trinajstić information content (AvgIpc) is 2.27. The van der Waals surface area contributed by atoms with Crippen molar-refractivity contribution in [3.8, 4) is 0 Å². The van der Waals surface area contributed by atoms with E-state index in [1.807, 2.05) is 6.92 Å². The van der Waals surface area contributed by atoms with Gasteiger partial charge in [-0.2, -0.15) is 0 Å². The molecule has 1 aromatic rings. The van der Waals surface area contributed by atoms with E-state index in [-0.39, 0.29) is 0 Å². The molecular weight excluding hydrogens is 212 g/mol. The SMILES string of the molecule is Cc1cc(C)cc(C(O)C2(C)CCCCO2)c1. The van der Waals surface area contributed by atoms with Crippen LogP contribution < -0.4 is 0 Å². The summed E-state index contributed by atoms with van der Waals surface area (Å²) in [7, 11) is 0. The molecule has 0 saturated carbocycles. The molecule has 2 nitrogen and oxygen atoms in total. The van der Waals surface area contributed by atoms with Crippen molar-refractivity contribution in [2.24, 2.45) is 0 Å². The van der Waals surface area contributed by atoms with Gasteiger partial charge in [0.25, 0.3) is 0 Å². The molecule has 1 heterocycles. The number of aliphatic hydroxyl groups is 1. The Labute approximate surface area is 104 Å². The standard InChI is InChI=1S/C15H22O2/c1-11-8-12(2)10-13(9-11)14(16)15(3)6-4-5-7-17-15/h8-10,14,16H,4-7H2,1-3H3. The molecule has 1 aliphatic rings. The van der Waals surface area contributed by atoms with E-state index in [0.717, 1.165) is 31.4 Å². The van der Waals surface area contributed by atoms with Crippen LogP contribution in [-0.2, 0) is 4.74 Å². The van der Waals surface area contributed by atoms with Crippen molar-refractivity contribution in [2.45, 2.75) is 51.7 Å². The van der Waals surface area contributed by atoms with Crippen molar-refractivity contribution in [3.63, 3.8) is 0 Å². The molecule has 0 bridgehead atoms. The maximum Gasteiger partial charge on any atom is 0.108 e. The zero-order valence-corrected chi connectivity index (χ0v) is 11.0. The van der Waals surface area contributed by atoms with Crippen LogP contribution >= 0.6 is 0 Å². The van der Waals surface area contributed by atoms with E-state index in [4.69, 9.17) is 4.74 Å². The third-order valence-electron chi connectivity index (χ3n) is 3.64. The first-order valence-corrected chi connectivity index (χ1v) is 6.41. The summed E-state index contributed by atoms with van der Waals surface area (Å²) in [4.78, 5) is 0. The molecule has 94 valence electrons. The van der Waals surface area contributed by atoms with Gasteiger partial charge in [-0.3, -0.25) is 0 Å². The molecule has 0 aliphatic carbocycles. The first-order chi connectivity index (χ1) is 8.01. The molecule has 0 spiro atoms. The third kappa shape index (κ3) is 2.70. The van der Waals surface area contributed by atoms with E-state index in [1.165, 1.54) is 11.1 Å². The van der Waals surface area contributed by atoms with Gasteiger partial charge < -0.3 is 9.84 Å². The van der Waals surface area contributed by atoms with E-state index in [0.29, 0.717) is 0 Å². The van der Waals surface area contributed by atoms with Crippen LogP contribution in [0, 0.1) is 13.8 Å². The number of aliphatic hydroxyl groups excluding tert-OH is 1. The lowest BCUT2D eigenvalue weighted by atomic mass is 9.85. The van der Waals surface area contributed by atoms with E-state index in [2.05, 4.69) is 32.0 Å². The van der Waals surface area contributed by atoms with Gasteiger partial charge in [-0.1, -0.05) is 29.3 Å². The van der Waals surface area contributed by atoms with Crippen LogP contribution in [0.1, 0.15) is 49.0 Å². The fraction of sp³-hybridized carbons (Fsp3) is 0.600. The lowest BCUT2D eigenvalue weighted by Crippen LogP contribution is -2.39. The van der Waals surface area contributed by atoms with Crippen LogP contribution in [0.15, 0.2) is 18.2 Å². The zero-order chi connectivity index (χ0) is 12.5. The highest BCUT2D eigenvalue weighted by Gasteiger charge is 2.36. The molecule has 2 heteroatoms. The van der Waals surface area contributed by atoms with E-state index < -0.39 is 11.7 Å². The second-order valence-corrected chi connectivity index (χ2v) is 5.44. The molecule has 0 amide bonds. The Morgan fingerprint density at radius 3 is 2.35 bits per heavy atom. The van der Waals surface area contributed by atoms with Crippen molar-refractivity contribution in [1.29, 1.82) is 0 Å². The van der Waals surface area contributed by atoms with Gasteiger partial charge in [0, 0.05) is 6.61 Å². The first kappa shape index (κ1) is 12.6. The highest BCUT2D eigenvalue weighted by Crippen LogP contribution is 2.36. The predicted molar refractivity (Wildman–Crippen MR) is 69.1 cm³/mol. The zero-order valence-electron chi connectivity index (χ0n) is 11.0. The highest BCUT2D eigenvalue weighted by atomic mass is 16.5. The van der Waals surface area contributed by atoms with Crippen molar-refractivity contribution >= 4 is 0 Å². The predicted octanol–water partition coefficient (Wildman–Crippen LogP) is 3.30. The first-order valence-electron chi connectivity index (χ1n) is 6.41. The monoisotopic (exact) mass is 234 g/mol. The minimum atomic E-state index is -0.526. The van der Waals surface area contributed by atoms with Crippen LogP contribution in [0.25, 0.3) is 0 Å². The van der Waals surface area contributed by atoms with E-state index in [9.17, 15) is 5.11 Å². The topological polar surface area (TPSA) is 29.5 Å². The summed E-state index contributed by atoms with van der Waals surface area (Å²) in [5, 5.41) is 10.5. The Morgan fingerprint density at radius 2 is 1.82 bits per heavy atom. The van der Waals surface area contributed by atoms with Gasteiger partial charge in [0.2, 0.25) is 0 Å². The minimum Gasteiger partial charge on any atom is -0.385 e. The van der Waals surface area contributed by atoms with E-state index >= 15 is 0 Å². The second-order valence-electron chi connectivity index (χ2n) is 5.44. The molecule has 1 saturated heterocycles. The Bertz CT molecular complexity index is 372. The highest BCUT2D eigenvalue weighted by molar-refractivity contribution is 5.31. The van der Waals surface area contributed by atoms with Gasteiger partial charge in [-0.25, -0.2) is 0 Å². The normalized spacial score (nSPS) is 26.8. The van der Waals surface area contributed by atoms with Gasteiger partial charge in [0.15, 0.2) is 0 Å². The molecule has 0 radical (unpaired) electrons. The molecule has 2 unspecified atom stereocenters. The summed E-state index contributed by atoms with van der Waals surface area (Å²) < 4.78 is 5.81. The average molecular weight is 234 g/mol. The van der Waals surface area contributed by atoms with Crippen LogP contribution in [0.4, 0.5) is 0 Å². The lowest BCUT2D eigenvalue weighted by Gasteiger charge is -2.38. The van der Waals surface area contributed by atoms with Gasteiger partial charge in [0.1, 0.15) is 6.10 Å². The van der Waals surface area contributed by atoms with E-state index in [1.54, 1.807) is 0 Å². The Balaban J connectivity index is 2.26. The summed E-state index contributed by atoms with van der Waals surface area (Å²) in [5.74, 6) is 0. The number of hydrogen-bond donors (Lipinski definition) is 1. The molecule has 0 aromatic heterocycles. The molecular formula is C15H22O2. The van der Waals surface area contributed by atoms with Gasteiger partial charge in [-0.15, -0.1) is 0 Å². The van der Waals surface area contributed by atoms with Crippen molar-refractivity contribution in [3.05, 3.63) is 34.9 Å². The van der Waals surface area contributed by atoms with Crippen LogP contribution in [0.3, 0.4) is 0 Å². The number of benzene rings is 1. The summed E-state index contributed by atoms with van der Waals surface area (Å²) >= 11 is 0. The second kappa shape index (κ2) is 4.79. The fourth-order valence-electron chi connectivity index (χ4n) is 2.69. The lowest BCUT2D eigenvalue weighted by molar-refractivity contribution is -0.138. The van der Waals surface area contributed by atoms with Gasteiger partial charge in [0.05, 0.1) is 5.60 Å². The van der Waals surface area contributed by atoms with Crippen molar-refractivity contribution < 1.29 is 9.84 Å². The van der Waals surface area contributed by atoms with Gasteiger partial charge in [-0.05, 0) is 45.6 Å². The maximum atomic E-state index is 10.5. The molecule has 1 N–H and O–H groups in total. The smallest absolute Gasteiger partial charge is 0.108 e. The number of rotatable bonds is 2. The van der Waals surface area contributed by atoms with Crippen molar-refractivity contribution in [1.82, 2.24) is 0 Å². The Hall–Kier alpha value is -0.860. The molecule has 1 aromatic carbocycles. The largest absolute Gasteiger partial charge is 0.385 e. The summed E-state index contributed by atoms with van der Waals surface area (Å²) in [6.45, 7) is 6.91. The molecule has 2 rings (SSSR count).